The van der Waals surface area contributed by atoms with E-state index in [-0.39, 0.29) is 5.57 Å². The van der Waals surface area contributed by atoms with E-state index in [1.54, 1.807) is 0 Å². The van der Waals surface area contributed by atoms with Crippen LogP contribution in [0.15, 0.2) is 28.8 Å². The van der Waals surface area contributed by atoms with Gasteiger partial charge in [-0.15, -0.1) is 0 Å². The van der Waals surface area contributed by atoms with Gasteiger partial charge in [0.05, 0.1) is 0 Å². The number of allylic oxidation sites excluding steroid dienone is 3. The van der Waals surface area contributed by atoms with Crippen LogP contribution in [0.25, 0.3) is 0 Å². The number of aliphatic imine (C=N–C) groups is 1. The monoisotopic (exact) mass is 177 g/mol. The fourth-order valence-electron chi connectivity index (χ4n) is 0.605. The maximum absolute atomic E-state index is 12.0. The van der Waals surface area contributed by atoms with Crippen molar-refractivity contribution in [1.82, 2.24) is 0 Å². The molecule has 0 aliphatic heterocycles. The Bertz CT molecular complexity index is 223. The van der Waals surface area contributed by atoms with Gasteiger partial charge < -0.3 is 0 Å². The molecule has 0 unspecified atom stereocenters. The lowest BCUT2D eigenvalue weighted by atomic mass is 10.1. The summed E-state index contributed by atoms with van der Waals surface area (Å²) in [5, 5.41) is 0. The largest absolute Gasteiger partial charge is 0.413 e. The molecule has 68 valence electrons. The molecule has 12 heavy (non-hydrogen) atoms. The van der Waals surface area contributed by atoms with Gasteiger partial charge >= 0.3 is 6.18 Å². The lowest BCUT2D eigenvalue weighted by Gasteiger charge is -2.08. The number of hydrogen-bond acceptors (Lipinski definition) is 1. The van der Waals surface area contributed by atoms with Crippen molar-refractivity contribution in [3.8, 4) is 0 Å². The summed E-state index contributed by atoms with van der Waals surface area (Å²) in [7, 11) is 1.41. The summed E-state index contributed by atoms with van der Waals surface area (Å²) in [6, 6.07) is 0. The second-order valence-electron chi connectivity index (χ2n) is 2.17. The third-order valence-corrected chi connectivity index (χ3v) is 1.35. The van der Waals surface area contributed by atoms with Crippen LogP contribution in [-0.2, 0) is 0 Å². The Hall–Kier alpha value is -1.06. The molecule has 0 fully saturated rings. The van der Waals surface area contributed by atoms with Gasteiger partial charge in [0.15, 0.2) is 0 Å². The number of hydrogen-bond donors (Lipinski definition) is 0. The van der Waals surface area contributed by atoms with Crippen molar-refractivity contribution in [2.45, 2.75) is 13.1 Å². The lowest BCUT2D eigenvalue weighted by molar-refractivity contribution is -0.0916. The molecular formula is C8H10F3N. The van der Waals surface area contributed by atoms with Gasteiger partial charge in [0, 0.05) is 18.8 Å². The molecule has 0 N–H and O–H groups in total. The number of halogens is 3. The Morgan fingerprint density at radius 1 is 1.42 bits per heavy atom. The molecule has 0 aromatic rings. The molecule has 0 saturated carbocycles. The van der Waals surface area contributed by atoms with Crippen LogP contribution in [0.4, 0.5) is 13.2 Å². The van der Waals surface area contributed by atoms with E-state index in [2.05, 4.69) is 11.6 Å². The van der Waals surface area contributed by atoms with Gasteiger partial charge in [0.2, 0.25) is 0 Å². The molecular weight excluding hydrogens is 167 g/mol. The maximum Gasteiger partial charge on any atom is 0.413 e. The molecule has 0 spiro atoms. The molecule has 0 aliphatic carbocycles. The molecule has 0 aromatic heterocycles. The van der Waals surface area contributed by atoms with E-state index in [4.69, 9.17) is 0 Å². The first-order chi connectivity index (χ1) is 5.43. The molecule has 0 aromatic carbocycles. The van der Waals surface area contributed by atoms with Crippen molar-refractivity contribution < 1.29 is 13.2 Å². The van der Waals surface area contributed by atoms with Gasteiger partial charge in [-0.05, 0) is 12.5 Å². The highest BCUT2D eigenvalue weighted by molar-refractivity contribution is 5.83. The van der Waals surface area contributed by atoms with Crippen molar-refractivity contribution in [2.24, 2.45) is 4.99 Å². The highest BCUT2D eigenvalue weighted by Crippen LogP contribution is 2.27. The van der Waals surface area contributed by atoms with Crippen LogP contribution in [0.3, 0.4) is 0 Å². The number of rotatable bonds is 2. The third-order valence-electron chi connectivity index (χ3n) is 1.35. The van der Waals surface area contributed by atoms with Gasteiger partial charge in [-0.2, -0.15) is 13.2 Å². The minimum atomic E-state index is -4.30. The molecule has 0 rings (SSSR count). The van der Waals surface area contributed by atoms with E-state index in [9.17, 15) is 13.2 Å². The van der Waals surface area contributed by atoms with Crippen molar-refractivity contribution in [3.63, 3.8) is 0 Å². The highest BCUT2D eigenvalue weighted by Gasteiger charge is 2.31. The minimum absolute atomic E-state index is 0.00463. The average Bonchev–Trinajstić information content (AvgIpc) is 1.97. The summed E-state index contributed by atoms with van der Waals surface area (Å²) >= 11 is 0. The Labute approximate surface area is 69.3 Å². The molecule has 0 saturated heterocycles. The van der Waals surface area contributed by atoms with Gasteiger partial charge in [-0.1, -0.05) is 12.7 Å². The smallest absolute Gasteiger partial charge is 0.296 e. The van der Waals surface area contributed by atoms with Gasteiger partial charge in [-0.25, -0.2) is 0 Å². The summed E-state index contributed by atoms with van der Waals surface area (Å²) < 4.78 is 36.1. The van der Waals surface area contributed by atoms with Crippen molar-refractivity contribution in [1.29, 1.82) is 0 Å². The average molecular weight is 177 g/mol. The second-order valence-corrected chi connectivity index (χ2v) is 2.17. The molecule has 0 atom stereocenters. The SMILES string of the molecule is C=C/C(C=NC)=C(/C)C(F)(F)F. The van der Waals surface area contributed by atoms with E-state index >= 15 is 0 Å². The zero-order valence-electron chi connectivity index (χ0n) is 6.94. The number of nitrogens with zero attached hydrogens (tertiary/aromatic N) is 1. The first-order valence-corrected chi connectivity index (χ1v) is 3.26. The van der Waals surface area contributed by atoms with E-state index in [0.29, 0.717) is 0 Å². The predicted octanol–water partition coefficient (Wildman–Crippen LogP) is 2.75. The molecule has 0 radical (unpaired) electrons. The normalized spacial score (nSPS) is 14.8. The zero-order chi connectivity index (χ0) is 9.78. The van der Waals surface area contributed by atoms with Crippen LogP contribution in [0.5, 0.6) is 0 Å². The van der Waals surface area contributed by atoms with E-state index in [1.807, 2.05) is 0 Å². The van der Waals surface area contributed by atoms with Crippen LogP contribution in [0.1, 0.15) is 6.92 Å². The molecule has 4 heteroatoms. The molecule has 0 bridgehead atoms. The summed E-state index contributed by atoms with van der Waals surface area (Å²) in [4.78, 5) is 3.49. The van der Waals surface area contributed by atoms with E-state index in [1.165, 1.54) is 7.05 Å². The highest BCUT2D eigenvalue weighted by atomic mass is 19.4. The molecule has 0 heterocycles. The van der Waals surface area contributed by atoms with Gasteiger partial charge in [0.25, 0.3) is 0 Å². The fourth-order valence-corrected chi connectivity index (χ4v) is 0.605. The number of alkyl halides is 3. The second kappa shape index (κ2) is 4.09. The Kier molecular flexibility index (Phi) is 3.73. The van der Waals surface area contributed by atoms with Crippen LogP contribution in [0.2, 0.25) is 0 Å². The standard InChI is InChI=1S/C8H10F3N/c1-4-7(5-12-3)6(2)8(9,10)11/h4-5H,1H2,2-3H3/b7-6+,12-5?. The topological polar surface area (TPSA) is 12.4 Å². The molecule has 0 aliphatic rings. The van der Waals surface area contributed by atoms with Gasteiger partial charge in [0.1, 0.15) is 0 Å². The third kappa shape index (κ3) is 2.90. The van der Waals surface area contributed by atoms with Crippen LogP contribution >= 0.6 is 0 Å². The zero-order valence-corrected chi connectivity index (χ0v) is 6.94. The van der Waals surface area contributed by atoms with Crippen molar-refractivity contribution in [3.05, 3.63) is 23.8 Å². The van der Waals surface area contributed by atoms with Crippen molar-refractivity contribution in [2.75, 3.05) is 7.05 Å². The van der Waals surface area contributed by atoms with Crippen molar-refractivity contribution >= 4 is 6.21 Å². The van der Waals surface area contributed by atoms with E-state index in [0.717, 1.165) is 19.2 Å². The summed E-state index contributed by atoms with van der Waals surface area (Å²) in [5.74, 6) is 0. The summed E-state index contributed by atoms with van der Waals surface area (Å²) in [6.45, 7) is 4.26. The Balaban J connectivity index is 4.98. The fraction of sp³-hybridized carbons (Fsp3) is 0.375. The lowest BCUT2D eigenvalue weighted by Crippen LogP contribution is -2.11. The summed E-state index contributed by atoms with van der Waals surface area (Å²) in [5.41, 5.74) is -0.673. The predicted molar refractivity (Wildman–Crippen MR) is 43.4 cm³/mol. The van der Waals surface area contributed by atoms with Crippen LogP contribution in [-0.4, -0.2) is 19.4 Å². The first-order valence-electron chi connectivity index (χ1n) is 3.26. The Morgan fingerprint density at radius 2 is 1.92 bits per heavy atom. The van der Waals surface area contributed by atoms with E-state index < -0.39 is 11.7 Å². The van der Waals surface area contributed by atoms with Gasteiger partial charge in [-0.3, -0.25) is 4.99 Å². The maximum atomic E-state index is 12.0. The quantitative estimate of drug-likeness (QED) is 0.454. The van der Waals surface area contributed by atoms with Crippen LogP contribution < -0.4 is 0 Å². The van der Waals surface area contributed by atoms with Crippen LogP contribution in [0, 0.1) is 0 Å². The molecule has 0 amide bonds. The first kappa shape index (κ1) is 10.9. The molecule has 1 nitrogen and oxygen atoms in total. The minimum Gasteiger partial charge on any atom is -0.296 e. The summed E-state index contributed by atoms with van der Waals surface area (Å²) in [6.07, 6.45) is -2.03. The Morgan fingerprint density at radius 3 is 2.17 bits per heavy atom.